The topological polar surface area (TPSA) is 72.1 Å². The van der Waals surface area contributed by atoms with Gasteiger partial charge in [0, 0.05) is 16.9 Å². The van der Waals surface area contributed by atoms with E-state index in [4.69, 9.17) is 26.4 Å². The van der Waals surface area contributed by atoms with Gasteiger partial charge in [0.2, 0.25) is 5.91 Å². The molecular weight excluding hydrogens is 450 g/mol. The molecule has 1 amide bonds. The lowest BCUT2D eigenvalue weighted by Crippen LogP contribution is -2.72. The Morgan fingerprint density at radius 3 is 2.44 bits per heavy atom. The van der Waals surface area contributed by atoms with Gasteiger partial charge in [-0.05, 0) is 61.6 Å². The molecule has 2 N–H and O–H groups in total. The molecule has 2 aliphatic heterocycles. The maximum atomic E-state index is 13.8. The summed E-state index contributed by atoms with van der Waals surface area (Å²) >= 11 is 5.78. The number of benzene rings is 3. The highest BCUT2D eigenvalue weighted by Crippen LogP contribution is 2.52. The largest absolute Gasteiger partial charge is 0.497 e. The average Bonchev–Trinajstić information content (AvgIpc) is 2.84. The monoisotopic (exact) mass is 475 g/mol. The van der Waals surface area contributed by atoms with E-state index in [1.54, 1.807) is 26.4 Å². The smallest absolute Gasteiger partial charge is 0.236 e. The van der Waals surface area contributed by atoms with Crippen molar-refractivity contribution >= 4 is 34.6 Å². The number of carbonyl (C=O) groups excluding carboxylic acids is 1. The minimum Gasteiger partial charge on any atom is -0.497 e. The van der Waals surface area contributed by atoms with Gasteiger partial charge in [-0.2, -0.15) is 0 Å². The van der Waals surface area contributed by atoms with Gasteiger partial charge in [-0.3, -0.25) is 9.69 Å². The minimum absolute atomic E-state index is 0.193. The lowest BCUT2D eigenvalue weighted by molar-refractivity contribution is -0.130. The fraction of sp³-hybridized carbons (Fsp3) is 0.231. The van der Waals surface area contributed by atoms with Gasteiger partial charge in [-0.25, -0.2) is 0 Å². The third-order valence-electron chi connectivity index (χ3n) is 6.36. The number of carbonyl (C=O) groups is 1. The SMILES string of the molecule is COc1ccc(NC(=O)[C@H]2[C@H]3NC(=S)N(c4ccccc4)[C@@]2(C)Oc2c(OC)cccc23)cc1. The summed E-state index contributed by atoms with van der Waals surface area (Å²) in [4.78, 5) is 15.7. The van der Waals surface area contributed by atoms with Gasteiger partial charge in [0.1, 0.15) is 11.7 Å². The highest BCUT2D eigenvalue weighted by atomic mass is 32.1. The number of hydrogen-bond acceptors (Lipinski definition) is 5. The molecule has 34 heavy (non-hydrogen) atoms. The van der Waals surface area contributed by atoms with Gasteiger partial charge < -0.3 is 24.8 Å². The third-order valence-corrected chi connectivity index (χ3v) is 6.66. The number of para-hydroxylation sites is 2. The molecule has 7 nitrogen and oxygen atoms in total. The van der Waals surface area contributed by atoms with Crippen LogP contribution in [-0.2, 0) is 4.79 Å². The Balaban J connectivity index is 1.61. The number of hydrogen-bond donors (Lipinski definition) is 2. The van der Waals surface area contributed by atoms with Crippen LogP contribution in [0.2, 0.25) is 0 Å². The zero-order valence-corrected chi connectivity index (χ0v) is 19.9. The molecular formula is C26H25N3O4S. The average molecular weight is 476 g/mol. The molecule has 0 saturated carbocycles. The number of nitrogens with zero attached hydrogens (tertiary/aromatic N) is 1. The molecule has 5 rings (SSSR count). The highest BCUT2D eigenvalue weighted by Gasteiger charge is 2.59. The molecule has 3 aromatic carbocycles. The van der Waals surface area contributed by atoms with Crippen LogP contribution < -0.4 is 29.7 Å². The molecule has 2 heterocycles. The summed E-state index contributed by atoms with van der Waals surface area (Å²) in [5.74, 6) is 1.08. The second-order valence-corrected chi connectivity index (χ2v) is 8.72. The van der Waals surface area contributed by atoms with Crippen molar-refractivity contribution in [2.24, 2.45) is 5.92 Å². The Bertz CT molecular complexity index is 1230. The number of nitrogens with one attached hydrogen (secondary N) is 2. The van der Waals surface area contributed by atoms with Gasteiger partial charge in [-0.15, -0.1) is 0 Å². The van der Waals surface area contributed by atoms with E-state index in [2.05, 4.69) is 10.6 Å². The Morgan fingerprint density at radius 2 is 1.76 bits per heavy atom. The van der Waals surface area contributed by atoms with E-state index in [0.29, 0.717) is 28.0 Å². The van der Waals surface area contributed by atoms with Crippen molar-refractivity contribution in [3.05, 3.63) is 78.4 Å². The summed E-state index contributed by atoms with van der Waals surface area (Å²) in [5.41, 5.74) is 1.19. The molecule has 3 atom stereocenters. The second-order valence-electron chi connectivity index (χ2n) is 8.33. The third kappa shape index (κ3) is 3.51. The van der Waals surface area contributed by atoms with Crippen LogP contribution in [-0.4, -0.2) is 31.0 Å². The van der Waals surface area contributed by atoms with Gasteiger partial charge >= 0.3 is 0 Å². The summed E-state index contributed by atoms with van der Waals surface area (Å²) in [6.07, 6.45) is 0. The van der Waals surface area contributed by atoms with Crippen LogP contribution in [0.5, 0.6) is 17.2 Å². The van der Waals surface area contributed by atoms with Crippen LogP contribution in [0.15, 0.2) is 72.8 Å². The first-order valence-electron chi connectivity index (χ1n) is 10.9. The first kappa shape index (κ1) is 22.0. The molecule has 0 aromatic heterocycles. The molecule has 0 unspecified atom stereocenters. The molecule has 0 radical (unpaired) electrons. The summed E-state index contributed by atoms with van der Waals surface area (Å²) < 4.78 is 17.5. The van der Waals surface area contributed by atoms with E-state index in [1.807, 2.05) is 72.5 Å². The van der Waals surface area contributed by atoms with Crippen molar-refractivity contribution in [2.45, 2.75) is 18.7 Å². The molecule has 3 aromatic rings. The van der Waals surface area contributed by atoms with Crippen molar-refractivity contribution in [1.29, 1.82) is 0 Å². The predicted molar refractivity (Wildman–Crippen MR) is 135 cm³/mol. The quantitative estimate of drug-likeness (QED) is 0.527. The van der Waals surface area contributed by atoms with Crippen LogP contribution >= 0.6 is 12.2 Å². The van der Waals surface area contributed by atoms with Crippen LogP contribution in [0.4, 0.5) is 11.4 Å². The molecule has 1 saturated heterocycles. The van der Waals surface area contributed by atoms with Gasteiger partial charge in [0.05, 0.1) is 20.3 Å². The van der Waals surface area contributed by atoms with E-state index in [0.717, 1.165) is 11.3 Å². The number of anilines is 2. The normalized spacial score (nSPS) is 22.7. The van der Waals surface area contributed by atoms with Gasteiger partial charge in [0.25, 0.3) is 0 Å². The first-order chi connectivity index (χ1) is 16.5. The fourth-order valence-electron chi connectivity index (χ4n) is 4.79. The van der Waals surface area contributed by atoms with Gasteiger partial charge in [0.15, 0.2) is 22.3 Å². The molecule has 0 aliphatic carbocycles. The molecule has 2 aliphatic rings. The van der Waals surface area contributed by atoms with Crippen LogP contribution in [0.25, 0.3) is 0 Å². The zero-order valence-electron chi connectivity index (χ0n) is 19.1. The lowest BCUT2D eigenvalue weighted by atomic mass is 9.78. The Labute approximate surface area is 203 Å². The van der Waals surface area contributed by atoms with Crippen LogP contribution in [0.3, 0.4) is 0 Å². The molecule has 1 fully saturated rings. The maximum Gasteiger partial charge on any atom is 0.236 e. The van der Waals surface area contributed by atoms with Crippen molar-refractivity contribution in [3.63, 3.8) is 0 Å². The van der Waals surface area contributed by atoms with E-state index in [9.17, 15) is 4.79 Å². The standard InChI is InChI=1S/C26H25N3O4S/c1-26-21(24(30)27-16-12-14-18(31-2)15-13-16)22(19-10-7-11-20(32-3)23(19)33-26)28-25(34)29(26)17-8-5-4-6-9-17/h4-15,21-22H,1-3H3,(H,27,30)(H,28,34)/t21-,22+,26+/m1/s1. The number of amides is 1. The summed E-state index contributed by atoms with van der Waals surface area (Å²) in [6.45, 7) is 1.90. The number of methoxy groups -OCH3 is 2. The van der Waals surface area contributed by atoms with Crippen LogP contribution in [0.1, 0.15) is 18.5 Å². The Hall–Kier alpha value is -3.78. The lowest BCUT2D eigenvalue weighted by Gasteiger charge is -2.56. The summed E-state index contributed by atoms with van der Waals surface area (Å²) in [7, 11) is 3.21. The van der Waals surface area contributed by atoms with E-state index < -0.39 is 17.7 Å². The predicted octanol–water partition coefficient (Wildman–Crippen LogP) is 4.50. The molecule has 2 bridgehead atoms. The molecule has 174 valence electrons. The van der Waals surface area contributed by atoms with Crippen molar-refractivity contribution in [3.8, 4) is 17.2 Å². The maximum absolute atomic E-state index is 13.8. The van der Waals surface area contributed by atoms with Crippen molar-refractivity contribution in [2.75, 3.05) is 24.4 Å². The number of thiocarbonyl (C=S) groups is 1. The second kappa shape index (κ2) is 8.53. The fourth-order valence-corrected chi connectivity index (χ4v) is 5.20. The number of rotatable bonds is 5. The Kier molecular flexibility index (Phi) is 5.53. The first-order valence-corrected chi connectivity index (χ1v) is 11.3. The van der Waals surface area contributed by atoms with Crippen LogP contribution in [0, 0.1) is 5.92 Å². The molecule has 0 spiro atoms. The van der Waals surface area contributed by atoms with E-state index >= 15 is 0 Å². The summed E-state index contributed by atoms with van der Waals surface area (Å²) in [5, 5.41) is 6.94. The Morgan fingerprint density at radius 1 is 1.03 bits per heavy atom. The molecule has 8 heteroatoms. The number of ether oxygens (including phenoxy) is 3. The highest BCUT2D eigenvalue weighted by molar-refractivity contribution is 7.80. The van der Waals surface area contributed by atoms with Gasteiger partial charge in [-0.1, -0.05) is 30.3 Å². The minimum atomic E-state index is -1.12. The number of fused-ring (bicyclic) bond motifs is 4. The zero-order chi connectivity index (χ0) is 23.9. The van der Waals surface area contributed by atoms with Crippen molar-refractivity contribution in [1.82, 2.24) is 5.32 Å². The summed E-state index contributed by atoms with van der Waals surface area (Å²) in [6, 6.07) is 22.2. The van der Waals surface area contributed by atoms with Crippen molar-refractivity contribution < 1.29 is 19.0 Å². The van der Waals surface area contributed by atoms with E-state index in [-0.39, 0.29) is 5.91 Å². The van der Waals surface area contributed by atoms with E-state index in [1.165, 1.54) is 0 Å².